The number of benzene rings is 2. The van der Waals surface area contributed by atoms with Crippen LogP contribution in [0.4, 0.5) is 14.5 Å². The molecule has 0 spiro atoms. The van der Waals surface area contributed by atoms with Gasteiger partial charge in [-0.25, -0.2) is 0 Å². The topological polar surface area (TPSA) is 50.8 Å². The Bertz CT molecular complexity index is 833. The second-order valence-electron chi connectivity index (χ2n) is 6.69. The van der Waals surface area contributed by atoms with E-state index in [4.69, 9.17) is 9.47 Å². The second-order valence-corrected chi connectivity index (χ2v) is 7.75. The van der Waals surface area contributed by atoms with Gasteiger partial charge in [0.2, 0.25) is 5.91 Å². The molecule has 0 bridgehead atoms. The number of likely N-dealkylation sites (tertiary alicyclic amines) is 1. The van der Waals surface area contributed by atoms with Crippen LogP contribution in [0.2, 0.25) is 0 Å². The number of amides is 1. The highest BCUT2D eigenvalue weighted by Crippen LogP contribution is 2.38. The van der Waals surface area contributed by atoms with E-state index in [2.05, 4.69) is 10.2 Å². The molecule has 1 aliphatic heterocycles. The fraction of sp³-hybridized carbons (Fsp3) is 0.381. The van der Waals surface area contributed by atoms with Crippen LogP contribution in [-0.4, -0.2) is 43.9 Å². The molecular weight excluding hydrogens is 398 g/mol. The van der Waals surface area contributed by atoms with Crippen molar-refractivity contribution in [3.8, 4) is 11.5 Å². The largest absolute Gasteiger partial charge is 0.497 e. The van der Waals surface area contributed by atoms with Gasteiger partial charge in [-0.05, 0) is 61.9 Å². The van der Waals surface area contributed by atoms with Crippen molar-refractivity contribution in [2.24, 2.45) is 0 Å². The van der Waals surface area contributed by atoms with Crippen LogP contribution >= 0.6 is 11.8 Å². The number of thioether (sulfide) groups is 1. The molecule has 3 rings (SSSR count). The maximum atomic E-state index is 12.6. The van der Waals surface area contributed by atoms with Crippen LogP contribution in [0.15, 0.2) is 47.4 Å². The number of nitrogens with one attached hydrogen (secondary N) is 1. The third-order valence-corrected chi connectivity index (χ3v) is 5.59. The minimum absolute atomic E-state index is 0.0654. The average Bonchev–Trinajstić information content (AvgIpc) is 3.16. The van der Waals surface area contributed by atoms with E-state index in [1.54, 1.807) is 38.5 Å². The van der Waals surface area contributed by atoms with Crippen LogP contribution in [0.3, 0.4) is 0 Å². The van der Waals surface area contributed by atoms with Gasteiger partial charge in [-0.2, -0.15) is 8.78 Å². The van der Waals surface area contributed by atoms with Crippen molar-refractivity contribution >= 4 is 23.4 Å². The van der Waals surface area contributed by atoms with Crippen molar-refractivity contribution in [2.45, 2.75) is 29.5 Å². The predicted molar refractivity (Wildman–Crippen MR) is 110 cm³/mol. The molecule has 1 heterocycles. The summed E-state index contributed by atoms with van der Waals surface area (Å²) in [5, 5.41) is 2.84. The van der Waals surface area contributed by atoms with Crippen LogP contribution in [0.5, 0.6) is 11.5 Å². The fourth-order valence-electron chi connectivity index (χ4n) is 3.57. The van der Waals surface area contributed by atoms with E-state index in [1.165, 1.54) is 0 Å². The third-order valence-electron chi connectivity index (χ3n) is 4.87. The summed E-state index contributed by atoms with van der Waals surface area (Å²) in [5.41, 5.74) is 1.59. The van der Waals surface area contributed by atoms with Gasteiger partial charge >= 0.3 is 0 Å². The minimum Gasteiger partial charge on any atom is -0.497 e. The lowest BCUT2D eigenvalue weighted by Gasteiger charge is -2.26. The Kier molecular flexibility index (Phi) is 7.33. The maximum Gasteiger partial charge on any atom is 0.288 e. The summed E-state index contributed by atoms with van der Waals surface area (Å²) in [4.78, 5) is 15.1. The van der Waals surface area contributed by atoms with Gasteiger partial charge in [0.15, 0.2) is 0 Å². The zero-order valence-electron chi connectivity index (χ0n) is 16.4. The quantitative estimate of drug-likeness (QED) is 0.620. The monoisotopic (exact) mass is 422 g/mol. The number of hydrogen-bond donors (Lipinski definition) is 1. The Hall–Kier alpha value is -2.32. The Balaban J connectivity index is 1.65. The molecule has 2 aromatic carbocycles. The van der Waals surface area contributed by atoms with E-state index < -0.39 is 5.76 Å². The molecule has 0 aliphatic carbocycles. The van der Waals surface area contributed by atoms with Crippen molar-refractivity contribution in [1.29, 1.82) is 0 Å². The Morgan fingerprint density at radius 2 is 1.97 bits per heavy atom. The molecule has 0 saturated carbocycles. The molecule has 1 fully saturated rings. The Morgan fingerprint density at radius 3 is 2.62 bits per heavy atom. The number of halogens is 2. The molecular formula is C21H24F2N2O3S. The highest BCUT2D eigenvalue weighted by Gasteiger charge is 2.30. The second kappa shape index (κ2) is 9.93. The zero-order valence-corrected chi connectivity index (χ0v) is 17.2. The van der Waals surface area contributed by atoms with Crippen molar-refractivity contribution in [2.75, 3.05) is 32.6 Å². The smallest absolute Gasteiger partial charge is 0.288 e. The molecule has 2 aromatic rings. The Labute approximate surface area is 173 Å². The SMILES string of the molecule is COc1ccc(OC)c([C@@H]2CCCN2CC(=O)Nc2ccc(SC(F)F)cc2)c1. The summed E-state index contributed by atoms with van der Waals surface area (Å²) in [6, 6.07) is 12.2. The molecule has 1 saturated heterocycles. The number of rotatable bonds is 8. The molecule has 5 nitrogen and oxygen atoms in total. The van der Waals surface area contributed by atoms with Crippen molar-refractivity contribution in [3.63, 3.8) is 0 Å². The third kappa shape index (κ3) is 5.61. The van der Waals surface area contributed by atoms with Crippen LogP contribution in [0, 0.1) is 0 Å². The first-order chi connectivity index (χ1) is 14.0. The summed E-state index contributed by atoms with van der Waals surface area (Å²) in [6.45, 7) is 1.04. The average molecular weight is 422 g/mol. The molecule has 0 unspecified atom stereocenters. The summed E-state index contributed by atoms with van der Waals surface area (Å²) in [7, 11) is 3.25. The lowest BCUT2D eigenvalue weighted by Crippen LogP contribution is -2.33. The predicted octanol–water partition coefficient (Wildman–Crippen LogP) is 4.79. The van der Waals surface area contributed by atoms with E-state index in [9.17, 15) is 13.6 Å². The van der Waals surface area contributed by atoms with Crippen LogP contribution in [0.25, 0.3) is 0 Å². The van der Waals surface area contributed by atoms with Gasteiger partial charge in [-0.1, -0.05) is 11.8 Å². The highest BCUT2D eigenvalue weighted by molar-refractivity contribution is 7.99. The first kappa shape index (κ1) is 21.4. The number of anilines is 1. The molecule has 1 N–H and O–H groups in total. The van der Waals surface area contributed by atoms with E-state index >= 15 is 0 Å². The summed E-state index contributed by atoms with van der Waals surface area (Å²) < 4.78 is 35.7. The number of alkyl halides is 2. The number of carbonyl (C=O) groups excluding carboxylic acids is 1. The standard InChI is InChI=1S/C21H24F2N2O3S/c1-27-15-7-10-19(28-2)17(12-15)18-4-3-11-25(18)13-20(26)24-14-5-8-16(9-6-14)29-21(22)23/h5-10,12,18,21H,3-4,11,13H2,1-2H3,(H,24,26)/t18-/m0/s1. The molecule has 1 atom stereocenters. The van der Waals surface area contributed by atoms with Crippen molar-refractivity contribution < 1.29 is 23.0 Å². The normalized spacial score (nSPS) is 16.8. The van der Waals surface area contributed by atoms with Gasteiger partial charge in [-0.15, -0.1) is 0 Å². The zero-order chi connectivity index (χ0) is 20.8. The first-order valence-corrected chi connectivity index (χ1v) is 10.2. The molecule has 0 radical (unpaired) electrons. The summed E-state index contributed by atoms with van der Waals surface area (Å²) in [6.07, 6.45) is 1.91. The lowest BCUT2D eigenvalue weighted by atomic mass is 10.0. The number of ether oxygens (including phenoxy) is 2. The molecule has 0 aromatic heterocycles. The molecule has 1 aliphatic rings. The highest BCUT2D eigenvalue weighted by atomic mass is 32.2. The van der Waals surface area contributed by atoms with Crippen LogP contribution in [0.1, 0.15) is 24.4 Å². The van der Waals surface area contributed by atoms with Gasteiger partial charge in [-0.3, -0.25) is 9.69 Å². The minimum atomic E-state index is -2.46. The van der Waals surface area contributed by atoms with E-state index in [0.29, 0.717) is 22.3 Å². The number of carbonyl (C=O) groups is 1. The van der Waals surface area contributed by atoms with E-state index in [0.717, 1.165) is 36.4 Å². The molecule has 8 heteroatoms. The van der Waals surface area contributed by atoms with Crippen LogP contribution in [-0.2, 0) is 4.79 Å². The number of nitrogens with zero attached hydrogens (tertiary/aromatic N) is 1. The molecule has 156 valence electrons. The molecule has 1 amide bonds. The lowest BCUT2D eigenvalue weighted by molar-refractivity contribution is -0.117. The van der Waals surface area contributed by atoms with Crippen LogP contribution < -0.4 is 14.8 Å². The van der Waals surface area contributed by atoms with Gasteiger partial charge < -0.3 is 14.8 Å². The fourth-order valence-corrected chi connectivity index (χ4v) is 4.07. The van der Waals surface area contributed by atoms with Gasteiger partial charge in [0.05, 0.1) is 20.8 Å². The van der Waals surface area contributed by atoms with Gasteiger partial charge in [0, 0.05) is 22.2 Å². The number of methoxy groups -OCH3 is 2. The van der Waals surface area contributed by atoms with Gasteiger partial charge in [0.25, 0.3) is 5.76 Å². The first-order valence-electron chi connectivity index (χ1n) is 9.31. The molecule has 29 heavy (non-hydrogen) atoms. The summed E-state index contributed by atoms with van der Waals surface area (Å²) >= 11 is 0.480. The van der Waals surface area contributed by atoms with Crippen molar-refractivity contribution in [3.05, 3.63) is 48.0 Å². The Morgan fingerprint density at radius 1 is 1.21 bits per heavy atom. The van der Waals surface area contributed by atoms with Crippen molar-refractivity contribution in [1.82, 2.24) is 4.90 Å². The maximum absolute atomic E-state index is 12.6. The summed E-state index contributed by atoms with van der Waals surface area (Å²) in [5.74, 6) is -1.08. The number of hydrogen-bond acceptors (Lipinski definition) is 5. The van der Waals surface area contributed by atoms with E-state index in [1.807, 2.05) is 18.2 Å². The van der Waals surface area contributed by atoms with Gasteiger partial charge in [0.1, 0.15) is 11.5 Å². The van der Waals surface area contributed by atoms with E-state index in [-0.39, 0.29) is 18.5 Å².